The highest BCUT2D eigenvalue weighted by atomic mass is 32.2. The molecule has 1 N–H and O–H groups in total. The Bertz CT molecular complexity index is 1330. The second-order valence-electron chi connectivity index (χ2n) is 8.19. The molecule has 0 heterocycles. The first-order valence-electron chi connectivity index (χ1n) is 11.4. The molecular weight excluding hydrogens is 478 g/mol. The minimum atomic E-state index is -4.00. The Morgan fingerprint density at radius 3 is 2.14 bits per heavy atom. The van der Waals surface area contributed by atoms with E-state index in [1.807, 2.05) is 32.9 Å². The molecule has 0 saturated heterocycles. The number of nitrogens with zero attached hydrogens (tertiary/aromatic N) is 2. The highest BCUT2D eigenvalue weighted by Crippen LogP contribution is 2.28. The van der Waals surface area contributed by atoms with E-state index in [9.17, 15) is 13.2 Å². The maximum absolute atomic E-state index is 13.5. The summed E-state index contributed by atoms with van der Waals surface area (Å²) in [6.45, 7) is 5.23. The van der Waals surface area contributed by atoms with E-state index < -0.39 is 22.5 Å². The number of hydrazone groups is 1. The largest absolute Gasteiger partial charge is 0.493 e. The summed E-state index contributed by atoms with van der Waals surface area (Å²) in [5.74, 6) is 0.550. The van der Waals surface area contributed by atoms with Gasteiger partial charge in [-0.15, -0.1) is 0 Å². The molecule has 190 valence electrons. The van der Waals surface area contributed by atoms with Crippen molar-refractivity contribution in [1.82, 2.24) is 5.43 Å². The van der Waals surface area contributed by atoms with Gasteiger partial charge in [-0.05, 0) is 73.9 Å². The lowest BCUT2D eigenvalue weighted by Crippen LogP contribution is -2.40. The molecule has 0 atom stereocenters. The Kier molecular flexibility index (Phi) is 8.71. The summed E-state index contributed by atoms with van der Waals surface area (Å²) in [5, 5.41) is 4.28. The summed E-state index contributed by atoms with van der Waals surface area (Å²) >= 11 is 0. The fourth-order valence-electron chi connectivity index (χ4n) is 3.79. The Hall–Kier alpha value is -3.85. The van der Waals surface area contributed by atoms with Crippen LogP contribution in [-0.4, -0.2) is 40.8 Å². The van der Waals surface area contributed by atoms with Crippen LogP contribution >= 0.6 is 0 Å². The quantitative estimate of drug-likeness (QED) is 0.322. The molecule has 0 aromatic heterocycles. The van der Waals surface area contributed by atoms with Crippen molar-refractivity contribution in [2.75, 3.05) is 25.1 Å². The molecular formula is C27H31N3O5S. The van der Waals surface area contributed by atoms with Crippen LogP contribution in [0.5, 0.6) is 11.5 Å². The first-order valence-corrected chi connectivity index (χ1v) is 12.9. The molecule has 0 aliphatic rings. The van der Waals surface area contributed by atoms with Crippen LogP contribution in [0.4, 0.5) is 5.69 Å². The fraction of sp³-hybridized carbons (Fsp3) is 0.259. The Morgan fingerprint density at radius 2 is 1.56 bits per heavy atom. The van der Waals surface area contributed by atoms with Crippen LogP contribution in [0.2, 0.25) is 0 Å². The lowest BCUT2D eigenvalue weighted by molar-refractivity contribution is -0.119. The van der Waals surface area contributed by atoms with Gasteiger partial charge in [-0.3, -0.25) is 9.10 Å². The van der Waals surface area contributed by atoms with Gasteiger partial charge in [0.2, 0.25) is 0 Å². The van der Waals surface area contributed by atoms with Crippen molar-refractivity contribution >= 4 is 27.3 Å². The topological polar surface area (TPSA) is 97.3 Å². The maximum Gasteiger partial charge on any atom is 0.264 e. The van der Waals surface area contributed by atoms with E-state index in [2.05, 4.69) is 10.5 Å². The summed E-state index contributed by atoms with van der Waals surface area (Å²) in [7, 11) is -0.906. The molecule has 0 saturated carbocycles. The third-order valence-corrected chi connectivity index (χ3v) is 7.27. The first kappa shape index (κ1) is 26.7. The summed E-state index contributed by atoms with van der Waals surface area (Å²) in [4.78, 5) is 13.1. The van der Waals surface area contributed by atoms with Crippen LogP contribution in [0.3, 0.4) is 0 Å². The van der Waals surface area contributed by atoms with E-state index >= 15 is 0 Å². The molecule has 3 aromatic rings. The molecule has 3 aromatic carbocycles. The molecule has 0 aliphatic heterocycles. The van der Waals surface area contributed by atoms with Crippen molar-refractivity contribution in [3.05, 3.63) is 83.4 Å². The second-order valence-corrected chi connectivity index (χ2v) is 10.0. The molecule has 8 nitrogen and oxygen atoms in total. The Morgan fingerprint density at radius 1 is 0.917 bits per heavy atom. The Balaban J connectivity index is 1.91. The number of hydrogen-bond acceptors (Lipinski definition) is 6. The molecule has 36 heavy (non-hydrogen) atoms. The van der Waals surface area contributed by atoms with Crippen LogP contribution in [-0.2, 0) is 14.8 Å². The molecule has 0 spiro atoms. The van der Waals surface area contributed by atoms with Crippen molar-refractivity contribution in [3.63, 3.8) is 0 Å². The average Bonchev–Trinajstić information content (AvgIpc) is 2.87. The summed E-state index contributed by atoms with van der Waals surface area (Å²) in [6.07, 6.45) is 0.527. The van der Waals surface area contributed by atoms with E-state index in [1.54, 1.807) is 56.7 Å². The van der Waals surface area contributed by atoms with Crippen LogP contribution in [0.25, 0.3) is 0 Å². The number of rotatable bonds is 10. The standard InChI is InChI=1S/C27H31N3O5S/c1-6-24(21-12-13-25(34-4)26(17-21)35-5)28-29-27(31)18-30(22-15-19(2)14-20(3)16-22)36(32,33)23-10-8-7-9-11-23/h7-17H,6,18H2,1-5H3,(H,29,31)/b28-24-. The zero-order chi connectivity index (χ0) is 26.3. The SMILES string of the molecule is CC/C(=N/NC(=O)CN(c1cc(C)cc(C)c1)S(=O)(=O)c1ccccc1)c1ccc(OC)c(OC)c1. The highest BCUT2D eigenvalue weighted by molar-refractivity contribution is 7.92. The van der Waals surface area contributed by atoms with Gasteiger partial charge in [-0.2, -0.15) is 5.10 Å². The number of carbonyl (C=O) groups excluding carboxylic acids is 1. The van der Waals surface area contributed by atoms with Gasteiger partial charge in [0.15, 0.2) is 11.5 Å². The molecule has 3 rings (SSSR count). The van der Waals surface area contributed by atoms with Crippen LogP contribution in [0, 0.1) is 13.8 Å². The number of hydrogen-bond donors (Lipinski definition) is 1. The molecule has 9 heteroatoms. The minimum Gasteiger partial charge on any atom is -0.493 e. The zero-order valence-electron chi connectivity index (χ0n) is 21.1. The average molecular weight is 510 g/mol. The normalized spacial score (nSPS) is 11.6. The van der Waals surface area contributed by atoms with E-state index in [0.29, 0.717) is 29.3 Å². The number of aryl methyl sites for hydroxylation is 2. The smallest absolute Gasteiger partial charge is 0.264 e. The fourth-order valence-corrected chi connectivity index (χ4v) is 5.21. The molecule has 1 amide bonds. The van der Waals surface area contributed by atoms with Crippen molar-refractivity contribution in [2.45, 2.75) is 32.1 Å². The second kappa shape index (κ2) is 11.7. The van der Waals surface area contributed by atoms with Gasteiger partial charge in [-0.25, -0.2) is 13.8 Å². The molecule has 0 fully saturated rings. The minimum absolute atomic E-state index is 0.0973. The van der Waals surface area contributed by atoms with Crippen molar-refractivity contribution in [3.8, 4) is 11.5 Å². The third kappa shape index (κ3) is 6.23. The number of carbonyl (C=O) groups is 1. The summed E-state index contributed by atoms with van der Waals surface area (Å²) < 4.78 is 38.8. The number of methoxy groups -OCH3 is 2. The van der Waals surface area contributed by atoms with Gasteiger partial charge in [0.25, 0.3) is 15.9 Å². The van der Waals surface area contributed by atoms with Gasteiger partial charge in [0, 0.05) is 5.56 Å². The molecule has 0 radical (unpaired) electrons. The lowest BCUT2D eigenvalue weighted by atomic mass is 10.1. The van der Waals surface area contributed by atoms with Gasteiger partial charge >= 0.3 is 0 Å². The lowest BCUT2D eigenvalue weighted by Gasteiger charge is -2.24. The number of nitrogens with one attached hydrogen (secondary N) is 1. The molecule has 0 bridgehead atoms. The predicted octanol–water partition coefficient (Wildman–Crippen LogP) is 4.45. The van der Waals surface area contributed by atoms with Gasteiger partial charge < -0.3 is 9.47 Å². The number of amides is 1. The van der Waals surface area contributed by atoms with Gasteiger partial charge in [-0.1, -0.05) is 31.2 Å². The third-order valence-electron chi connectivity index (χ3n) is 5.48. The highest BCUT2D eigenvalue weighted by Gasteiger charge is 2.27. The zero-order valence-corrected chi connectivity index (χ0v) is 21.9. The van der Waals surface area contributed by atoms with Crippen LogP contribution < -0.4 is 19.2 Å². The van der Waals surface area contributed by atoms with Crippen molar-refractivity contribution < 1.29 is 22.7 Å². The van der Waals surface area contributed by atoms with Crippen LogP contribution in [0.1, 0.15) is 30.0 Å². The predicted molar refractivity (Wildman–Crippen MR) is 141 cm³/mol. The van der Waals surface area contributed by atoms with E-state index in [1.165, 1.54) is 12.1 Å². The Labute approximate surface area is 212 Å². The van der Waals surface area contributed by atoms with Crippen molar-refractivity contribution in [2.24, 2.45) is 5.10 Å². The first-order chi connectivity index (χ1) is 17.2. The number of benzene rings is 3. The number of sulfonamides is 1. The number of anilines is 1. The van der Waals surface area contributed by atoms with Gasteiger partial charge in [0.1, 0.15) is 6.54 Å². The van der Waals surface area contributed by atoms with Gasteiger partial charge in [0.05, 0.1) is 30.5 Å². The van der Waals surface area contributed by atoms with E-state index in [4.69, 9.17) is 9.47 Å². The summed E-state index contributed by atoms with van der Waals surface area (Å²) in [6, 6.07) is 18.8. The summed E-state index contributed by atoms with van der Waals surface area (Å²) in [5.41, 5.74) is 6.06. The molecule has 0 unspecified atom stereocenters. The monoisotopic (exact) mass is 509 g/mol. The van der Waals surface area contributed by atoms with Crippen molar-refractivity contribution in [1.29, 1.82) is 0 Å². The number of ether oxygens (including phenoxy) is 2. The maximum atomic E-state index is 13.5. The molecule has 0 aliphatic carbocycles. The van der Waals surface area contributed by atoms with E-state index in [0.717, 1.165) is 21.0 Å². The van der Waals surface area contributed by atoms with Crippen LogP contribution in [0.15, 0.2) is 76.7 Å². The van der Waals surface area contributed by atoms with E-state index in [-0.39, 0.29) is 4.90 Å².